The molecule has 2 bridgehead atoms. The number of carbonyl (C=O) groups is 2. The second kappa shape index (κ2) is 11.1. The zero-order chi connectivity index (χ0) is 29.4. The highest BCUT2D eigenvalue weighted by Gasteiger charge is 2.43. The molecule has 2 amide bonds. The van der Waals surface area contributed by atoms with Gasteiger partial charge in [0, 0.05) is 24.3 Å². The fraction of sp³-hybridized carbons (Fsp3) is 0.538. The summed E-state index contributed by atoms with van der Waals surface area (Å²) in [6.07, 6.45) is -2.88. The van der Waals surface area contributed by atoms with Gasteiger partial charge in [0.1, 0.15) is 17.7 Å². The first-order valence-corrected chi connectivity index (χ1v) is 12.7. The Balaban J connectivity index is 1.37. The maximum atomic E-state index is 13.4. The highest BCUT2D eigenvalue weighted by Crippen LogP contribution is 2.39. The van der Waals surface area contributed by atoms with Crippen LogP contribution in [-0.4, -0.2) is 57.7 Å². The molecule has 0 radical (unpaired) electrons. The number of fused-ring (bicyclic) bond motifs is 2. The molecule has 2 aromatic heterocycles. The van der Waals surface area contributed by atoms with Crippen molar-refractivity contribution in [1.29, 1.82) is 0 Å². The number of rotatable bonds is 8. The van der Waals surface area contributed by atoms with Crippen LogP contribution < -0.4 is 20.3 Å². The minimum atomic E-state index is -4.56. The van der Waals surface area contributed by atoms with Crippen molar-refractivity contribution in [3.8, 4) is 5.88 Å². The van der Waals surface area contributed by atoms with Gasteiger partial charge in [-0.05, 0) is 64.7 Å². The molecule has 14 heteroatoms. The fourth-order valence-corrected chi connectivity index (χ4v) is 5.04. The van der Waals surface area contributed by atoms with E-state index in [4.69, 9.17) is 4.74 Å². The molecule has 40 heavy (non-hydrogen) atoms. The number of carbonyl (C=O) groups excluding carboxylic acids is 2. The van der Waals surface area contributed by atoms with Crippen molar-refractivity contribution in [2.45, 2.75) is 88.8 Å². The van der Waals surface area contributed by atoms with Gasteiger partial charge < -0.3 is 20.3 Å². The molecule has 2 N–H and O–H groups in total. The first-order valence-electron chi connectivity index (χ1n) is 12.7. The minimum Gasteiger partial charge on any atom is -0.461 e. The Kier molecular flexibility index (Phi) is 8.18. The predicted molar refractivity (Wildman–Crippen MR) is 132 cm³/mol. The number of amides is 2. The Bertz CT molecular complexity index is 1230. The molecule has 0 saturated carbocycles. The summed E-state index contributed by atoms with van der Waals surface area (Å²) in [5.74, 6) is -2.32. The molecular weight excluding hydrogens is 544 g/mol. The summed E-state index contributed by atoms with van der Waals surface area (Å²) in [7, 11) is 0. The average Bonchev–Trinajstić information content (AvgIpc) is 3.14. The van der Waals surface area contributed by atoms with Crippen LogP contribution in [0.15, 0.2) is 30.6 Å². The Morgan fingerprint density at radius 2 is 1.73 bits per heavy atom. The second-order valence-corrected chi connectivity index (χ2v) is 10.5. The summed E-state index contributed by atoms with van der Waals surface area (Å²) in [5.41, 5.74) is -2.33. The third kappa shape index (κ3) is 6.41. The Hall–Kier alpha value is -3.58. The third-order valence-corrected chi connectivity index (χ3v) is 7.16. The zero-order valence-corrected chi connectivity index (χ0v) is 21.9. The molecule has 2 fully saturated rings. The molecule has 218 valence electrons. The van der Waals surface area contributed by atoms with E-state index >= 15 is 0 Å². The van der Waals surface area contributed by atoms with Crippen molar-refractivity contribution < 1.29 is 40.7 Å². The lowest BCUT2D eigenvalue weighted by Gasteiger charge is -2.40. The molecule has 8 nitrogen and oxygen atoms in total. The van der Waals surface area contributed by atoms with Crippen molar-refractivity contribution >= 4 is 17.6 Å². The SMILES string of the molecule is C[C@H](NC(=O)c1ccc(N2C3CCC2CC(NC(=O)C(C)(C)Oc2ncc(F)cc2C(F)F)C3)nc1)C(F)(F)F. The summed E-state index contributed by atoms with van der Waals surface area (Å²) < 4.78 is 83.8. The van der Waals surface area contributed by atoms with E-state index in [2.05, 4.69) is 20.2 Å². The van der Waals surface area contributed by atoms with E-state index in [1.807, 2.05) is 5.32 Å². The number of alkyl halides is 5. The van der Waals surface area contributed by atoms with Gasteiger partial charge in [-0.2, -0.15) is 13.2 Å². The summed E-state index contributed by atoms with van der Waals surface area (Å²) in [5, 5.41) is 4.82. The van der Waals surface area contributed by atoms with Crippen LogP contribution in [0.4, 0.5) is 32.2 Å². The number of nitrogens with one attached hydrogen (secondary N) is 2. The molecule has 2 unspecified atom stereocenters. The topological polar surface area (TPSA) is 96.5 Å². The van der Waals surface area contributed by atoms with Gasteiger partial charge in [0.25, 0.3) is 18.2 Å². The minimum absolute atomic E-state index is 0.00206. The van der Waals surface area contributed by atoms with Crippen molar-refractivity contribution in [1.82, 2.24) is 20.6 Å². The molecule has 4 rings (SSSR count). The molecule has 2 aliphatic rings. The summed E-state index contributed by atoms with van der Waals surface area (Å²) in [4.78, 5) is 35.2. The molecule has 2 aliphatic heterocycles. The first-order chi connectivity index (χ1) is 18.7. The molecule has 0 aromatic carbocycles. The van der Waals surface area contributed by atoms with Gasteiger partial charge in [0.15, 0.2) is 5.60 Å². The lowest BCUT2D eigenvalue weighted by molar-refractivity contribution is -0.149. The van der Waals surface area contributed by atoms with Crippen LogP contribution in [0.2, 0.25) is 0 Å². The van der Waals surface area contributed by atoms with Crippen LogP contribution in [0.1, 0.15) is 68.8 Å². The Morgan fingerprint density at radius 3 is 2.27 bits per heavy atom. The van der Waals surface area contributed by atoms with Gasteiger partial charge in [-0.3, -0.25) is 9.59 Å². The third-order valence-electron chi connectivity index (χ3n) is 7.16. The maximum absolute atomic E-state index is 13.4. The molecule has 0 spiro atoms. The standard InChI is InChI=1S/C26H29F6N5O3/c1-13(26(30,31)32)35-22(38)14-4-7-20(33-11-14)37-17-5-6-18(37)10-16(9-17)36-24(39)25(2,3)40-23-19(21(28)29)8-15(27)12-34-23/h4,7-8,11-13,16-18,21H,5-6,9-10H2,1-3H3,(H,35,38)(H,36,39)/t13-,16?,17?,18?/m0/s1. The Morgan fingerprint density at radius 1 is 1.07 bits per heavy atom. The lowest BCUT2D eigenvalue weighted by atomic mass is 9.96. The monoisotopic (exact) mass is 573 g/mol. The van der Waals surface area contributed by atoms with E-state index in [9.17, 15) is 35.9 Å². The van der Waals surface area contributed by atoms with Gasteiger partial charge in [-0.25, -0.2) is 23.1 Å². The zero-order valence-electron chi connectivity index (χ0n) is 21.9. The van der Waals surface area contributed by atoms with E-state index in [1.54, 1.807) is 6.07 Å². The highest BCUT2D eigenvalue weighted by molar-refractivity contribution is 5.94. The average molecular weight is 574 g/mol. The van der Waals surface area contributed by atoms with Crippen LogP contribution >= 0.6 is 0 Å². The summed E-state index contributed by atoms with van der Waals surface area (Å²) >= 11 is 0. The maximum Gasteiger partial charge on any atom is 0.408 e. The van der Waals surface area contributed by atoms with Crippen LogP contribution in [0.25, 0.3) is 0 Å². The van der Waals surface area contributed by atoms with E-state index in [0.717, 1.165) is 26.0 Å². The number of anilines is 1. The van der Waals surface area contributed by atoms with E-state index in [1.165, 1.54) is 26.1 Å². The molecule has 3 atom stereocenters. The van der Waals surface area contributed by atoms with Crippen molar-refractivity contribution in [3.63, 3.8) is 0 Å². The highest BCUT2D eigenvalue weighted by atomic mass is 19.4. The van der Waals surface area contributed by atoms with Crippen LogP contribution in [0.3, 0.4) is 0 Å². The normalized spacial score (nSPS) is 21.8. The van der Waals surface area contributed by atoms with Crippen molar-refractivity contribution in [3.05, 3.63) is 47.5 Å². The van der Waals surface area contributed by atoms with E-state index in [0.29, 0.717) is 24.7 Å². The van der Waals surface area contributed by atoms with Gasteiger partial charge in [0.2, 0.25) is 5.88 Å². The summed E-state index contributed by atoms with van der Waals surface area (Å²) in [6, 6.07) is 1.40. The lowest BCUT2D eigenvalue weighted by Crippen LogP contribution is -2.55. The van der Waals surface area contributed by atoms with Crippen LogP contribution in [0, 0.1) is 5.82 Å². The summed E-state index contributed by atoms with van der Waals surface area (Å²) in [6.45, 7) is 3.67. The number of hydrogen-bond acceptors (Lipinski definition) is 6. The van der Waals surface area contributed by atoms with Crippen molar-refractivity contribution in [2.24, 2.45) is 0 Å². The van der Waals surface area contributed by atoms with Crippen LogP contribution in [-0.2, 0) is 4.79 Å². The van der Waals surface area contributed by atoms with Crippen LogP contribution in [0.5, 0.6) is 5.88 Å². The number of pyridine rings is 2. The molecule has 2 saturated heterocycles. The number of nitrogens with zero attached hydrogens (tertiary/aromatic N) is 3. The second-order valence-electron chi connectivity index (χ2n) is 10.5. The number of aromatic nitrogens is 2. The number of halogens is 6. The Labute approximate surface area is 226 Å². The molecule has 0 aliphatic carbocycles. The molecule has 4 heterocycles. The van der Waals surface area contributed by atoms with Crippen molar-refractivity contribution in [2.75, 3.05) is 4.90 Å². The van der Waals surface area contributed by atoms with E-state index in [-0.39, 0.29) is 23.7 Å². The smallest absolute Gasteiger partial charge is 0.408 e. The predicted octanol–water partition coefficient (Wildman–Crippen LogP) is 4.71. The first kappa shape index (κ1) is 29.4. The van der Waals surface area contributed by atoms with E-state index < -0.39 is 53.3 Å². The number of hydrogen-bond donors (Lipinski definition) is 2. The van der Waals surface area contributed by atoms with Gasteiger partial charge >= 0.3 is 6.18 Å². The molecular formula is C26H29F6N5O3. The van der Waals surface area contributed by atoms with Gasteiger partial charge in [-0.1, -0.05) is 0 Å². The number of ether oxygens (including phenoxy) is 1. The molecule has 2 aromatic rings. The fourth-order valence-electron chi connectivity index (χ4n) is 5.04. The largest absolute Gasteiger partial charge is 0.461 e. The van der Waals surface area contributed by atoms with Gasteiger partial charge in [0.05, 0.1) is 17.3 Å². The number of piperidine rings is 1. The van der Waals surface area contributed by atoms with Gasteiger partial charge in [-0.15, -0.1) is 0 Å². The quantitative estimate of drug-likeness (QED) is 0.445.